The third kappa shape index (κ3) is 2.04. The number of nitrogens with one attached hydrogen (secondary N) is 1. The van der Waals surface area contributed by atoms with Crippen LogP contribution in [0.25, 0.3) is 0 Å². The Balaban J connectivity index is 2.44. The van der Waals surface area contributed by atoms with Crippen LogP contribution in [0.15, 0.2) is 29.3 Å². The number of thiocarbonyl (C=S) groups is 1. The minimum atomic E-state index is -0.390. The summed E-state index contributed by atoms with van der Waals surface area (Å²) in [6, 6.07) is 6.30. The van der Waals surface area contributed by atoms with Crippen LogP contribution in [0.2, 0.25) is 0 Å². The molecule has 0 amide bonds. The predicted octanol–water partition coefficient (Wildman–Crippen LogP) is 2.28. The van der Waals surface area contributed by atoms with Gasteiger partial charge in [-0.15, -0.1) is 0 Å². The van der Waals surface area contributed by atoms with Gasteiger partial charge >= 0.3 is 0 Å². The van der Waals surface area contributed by atoms with Gasteiger partial charge in [0, 0.05) is 5.56 Å². The van der Waals surface area contributed by atoms with Gasteiger partial charge in [0.1, 0.15) is 22.2 Å². The van der Waals surface area contributed by atoms with Crippen molar-refractivity contribution in [1.82, 2.24) is 5.32 Å². The Hall–Kier alpha value is -1.29. The minimum absolute atomic E-state index is 0.275. The van der Waals surface area contributed by atoms with Crippen molar-refractivity contribution in [2.75, 3.05) is 0 Å². The number of halogens is 1. The van der Waals surface area contributed by atoms with Crippen molar-refractivity contribution in [3.8, 4) is 0 Å². The first-order chi connectivity index (χ1) is 6.98. The third-order valence-electron chi connectivity index (χ3n) is 2.12. The smallest absolute Gasteiger partial charge is 0.127 e. The molecule has 1 aliphatic heterocycles. The second-order valence-corrected chi connectivity index (χ2v) is 4.39. The fraction of sp³-hybridized carbons (Fsp3) is 0.273. The van der Waals surface area contributed by atoms with E-state index in [9.17, 15) is 4.39 Å². The molecule has 0 saturated carbocycles. The van der Waals surface area contributed by atoms with E-state index in [0.717, 1.165) is 5.56 Å². The van der Waals surface area contributed by atoms with Crippen LogP contribution in [0, 0.1) is 5.82 Å². The molecule has 0 radical (unpaired) electrons. The van der Waals surface area contributed by atoms with Gasteiger partial charge in [-0.05, 0) is 26.0 Å². The Morgan fingerprint density at radius 2 is 2.13 bits per heavy atom. The summed E-state index contributed by atoms with van der Waals surface area (Å²) in [5.41, 5.74) is 0.992. The van der Waals surface area contributed by atoms with Gasteiger partial charge in [-0.1, -0.05) is 24.4 Å². The van der Waals surface area contributed by atoms with E-state index < -0.39 is 5.66 Å². The number of benzene rings is 1. The predicted molar refractivity (Wildman–Crippen MR) is 62.7 cm³/mol. The highest BCUT2D eigenvalue weighted by Crippen LogP contribution is 2.17. The van der Waals surface area contributed by atoms with Gasteiger partial charge in [0.15, 0.2) is 0 Å². The van der Waals surface area contributed by atoms with Crippen molar-refractivity contribution in [3.63, 3.8) is 0 Å². The Morgan fingerprint density at radius 1 is 1.40 bits per heavy atom. The van der Waals surface area contributed by atoms with E-state index in [4.69, 9.17) is 12.2 Å². The van der Waals surface area contributed by atoms with Crippen LogP contribution < -0.4 is 5.32 Å². The number of hydrogen-bond acceptors (Lipinski definition) is 2. The summed E-state index contributed by atoms with van der Waals surface area (Å²) in [5, 5.41) is 3.07. The summed E-state index contributed by atoms with van der Waals surface area (Å²) in [7, 11) is 0. The van der Waals surface area contributed by atoms with Gasteiger partial charge in [0.05, 0.1) is 0 Å². The van der Waals surface area contributed by atoms with Crippen molar-refractivity contribution in [2.45, 2.75) is 19.5 Å². The molecule has 0 bridgehead atoms. The first kappa shape index (κ1) is 10.2. The Bertz CT molecular complexity index is 452. The lowest BCUT2D eigenvalue weighted by molar-refractivity contribution is 0.506. The molecule has 2 rings (SSSR count). The highest BCUT2D eigenvalue weighted by Gasteiger charge is 2.28. The molecular weight excluding hydrogens is 211 g/mol. The number of nitrogens with zero attached hydrogens (tertiary/aromatic N) is 1. The van der Waals surface area contributed by atoms with Crippen molar-refractivity contribution < 1.29 is 4.39 Å². The molecule has 2 nitrogen and oxygen atoms in total. The molecule has 0 aliphatic carbocycles. The molecular formula is C11H11FN2S. The summed E-state index contributed by atoms with van der Waals surface area (Å²) in [5.74, 6) is -0.275. The number of aliphatic imine (C=N–C) groups is 1. The average molecular weight is 222 g/mol. The van der Waals surface area contributed by atoms with Gasteiger partial charge < -0.3 is 5.32 Å². The molecule has 0 aromatic heterocycles. The summed E-state index contributed by atoms with van der Waals surface area (Å²) in [4.78, 5) is 4.99. The van der Waals surface area contributed by atoms with Crippen molar-refractivity contribution in [3.05, 3.63) is 35.6 Å². The summed E-state index contributed by atoms with van der Waals surface area (Å²) < 4.78 is 13.0. The van der Waals surface area contributed by atoms with Crippen LogP contribution in [0.1, 0.15) is 19.4 Å². The Labute approximate surface area is 93.2 Å². The zero-order valence-corrected chi connectivity index (χ0v) is 9.36. The minimum Gasteiger partial charge on any atom is -0.351 e. The molecule has 0 spiro atoms. The molecule has 0 unspecified atom stereocenters. The molecule has 0 atom stereocenters. The van der Waals surface area contributed by atoms with Gasteiger partial charge in [0.25, 0.3) is 0 Å². The summed E-state index contributed by atoms with van der Waals surface area (Å²) in [6.45, 7) is 3.84. The van der Waals surface area contributed by atoms with Crippen molar-refractivity contribution in [1.29, 1.82) is 0 Å². The normalized spacial score (nSPS) is 18.6. The molecule has 78 valence electrons. The molecule has 1 N–H and O–H groups in total. The fourth-order valence-electron chi connectivity index (χ4n) is 1.53. The van der Waals surface area contributed by atoms with E-state index in [-0.39, 0.29) is 5.82 Å². The number of hydrogen-bond donors (Lipinski definition) is 1. The first-order valence-electron chi connectivity index (χ1n) is 4.66. The largest absolute Gasteiger partial charge is 0.351 e. The standard InChI is InChI=1S/C11H11FN2S/c1-11(2)13-9(10(15)14-11)7-4-3-5-8(12)6-7/h3-6H,1-2H3,(H,14,15). The van der Waals surface area contributed by atoms with E-state index in [1.54, 1.807) is 12.1 Å². The second-order valence-electron chi connectivity index (χ2n) is 3.98. The number of rotatable bonds is 1. The lowest BCUT2D eigenvalue weighted by Crippen LogP contribution is -2.35. The van der Waals surface area contributed by atoms with Crippen LogP contribution in [0.5, 0.6) is 0 Å². The summed E-state index contributed by atoms with van der Waals surface area (Å²) in [6.07, 6.45) is 0. The lowest BCUT2D eigenvalue weighted by Gasteiger charge is -2.13. The zero-order valence-electron chi connectivity index (χ0n) is 8.54. The van der Waals surface area contributed by atoms with Crippen LogP contribution in [-0.2, 0) is 0 Å². The van der Waals surface area contributed by atoms with E-state index in [2.05, 4.69) is 10.3 Å². The molecule has 1 aromatic rings. The molecule has 0 saturated heterocycles. The topological polar surface area (TPSA) is 24.4 Å². The van der Waals surface area contributed by atoms with E-state index in [1.807, 2.05) is 13.8 Å². The van der Waals surface area contributed by atoms with E-state index in [0.29, 0.717) is 10.7 Å². The average Bonchev–Trinajstić information content (AvgIpc) is 2.40. The van der Waals surface area contributed by atoms with Crippen molar-refractivity contribution >= 4 is 22.9 Å². The molecule has 4 heteroatoms. The van der Waals surface area contributed by atoms with Crippen LogP contribution in [0.3, 0.4) is 0 Å². The maximum atomic E-state index is 13.0. The molecule has 1 heterocycles. The van der Waals surface area contributed by atoms with E-state index >= 15 is 0 Å². The van der Waals surface area contributed by atoms with Crippen molar-refractivity contribution in [2.24, 2.45) is 4.99 Å². The first-order valence-corrected chi connectivity index (χ1v) is 5.07. The maximum Gasteiger partial charge on any atom is 0.127 e. The van der Waals surface area contributed by atoms with Gasteiger partial charge in [-0.2, -0.15) is 0 Å². The lowest BCUT2D eigenvalue weighted by atomic mass is 10.1. The Kier molecular flexibility index (Phi) is 2.31. The monoisotopic (exact) mass is 222 g/mol. The molecule has 1 aliphatic rings. The van der Waals surface area contributed by atoms with Gasteiger partial charge in [-0.3, -0.25) is 4.99 Å². The fourth-order valence-corrected chi connectivity index (χ4v) is 1.94. The molecule has 1 aromatic carbocycles. The quantitative estimate of drug-likeness (QED) is 0.737. The third-order valence-corrected chi connectivity index (χ3v) is 2.42. The van der Waals surface area contributed by atoms with Crippen LogP contribution >= 0.6 is 12.2 Å². The SMILES string of the molecule is CC1(C)N=C(c2cccc(F)c2)C(=S)N1. The highest BCUT2D eigenvalue weighted by atomic mass is 32.1. The second kappa shape index (κ2) is 3.38. The van der Waals surface area contributed by atoms with Crippen LogP contribution in [0.4, 0.5) is 4.39 Å². The summed E-state index contributed by atoms with van der Waals surface area (Å²) >= 11 is 5.15. The van der Waals surface area contributed by atoms with Gasteiger partial charge in [-0.25, -0.2) is 4.39 Å². The van der Waals surface area contributed by atoms with E-state index in [1.165, 1.54) is 12.1 Å². The maximum absolute atomic E-state index is 13.0. The highest BCUT2D eigenvalue weighted by molar-refractivity contribution is 7.82. The molecule has 0 fully saturated rings. The zero-order chi connectivity index (χ0) is 11.1. The van der Waals surface area contributed by atoms with Crippen LogP contribution in [-0.4, -0.2) is 16.4 Å². The Morgan fingerprint density at radius 3 is 2.67 bits per heavy atom. The molecule has 15 heavy (non-hydrogen) atoms. The van der Waals surface area contributed by atoms with Gasteiger partial charge in [0.2, 0.25) is 0 Å².